The molecule has 3 rings (SSSR count). The van der Waals surface area contributed by atoms with E-state index < -0.39 is 0 Å². The molecule has 2 aromatic carbocycles. The summed E-state index contributed by atoms with van der Waals surface area (Å²) in [7, 11) is 0. The van der Waals surface area contributed by atoms with Crippen LogP contribution in [0.15, 0.2) is 59.8 Å². The minimum atomic E-state index is 0.608. The van der Waals surface area contributed by atoms with Gasteiger partial charge in [-0.05, 0) is 24.3 Å². The van der Waals surface area contributed by atoms with Crippen molar-refractivity contribution in [2.24, 2.45) is 0 Å². The van der Waals surface area contributed by atoms with Gasteiger partial charge in [-0.25, -0.2) is 0 Å². The Labute approximate surface area is 132 Å². The van der Waals surface area contributed by atoms with Gasteiger partial charge in [0, 0.05) is 21.5 Å². The van der Waals surface area contributed by atoms with Crippen molar-refractivity contribution in [2.75, 3.05) is 12.4 Å². The Balaban J connectivity index is 1.58. The lowest BCUT2D eigenvalue weighted by molar-refractivity contribution is 0.344. The Hall–Kier alpha value is -1.78. The third kappa shape index (κ3) is 3.65. The fourth-order valence-electron chi connectivity index (χ4n) is 1.94. The van der Waals surface area contributed by atoms with E-state index in [4.69, 9.17) is 16.3 Å². The number of benzene rings is 2. The van der Waals surface area contributed by atoms with Crippen LogP contribution in [-0.2, 0) is 0 Å². The predicted molar refractivity (Wildman–Crippen MR) is 87.2 cm³/mol. The monoisotopic (exact) mass is 316 g/mol. The van der Waals surface area contributed by atoms with E-state index >= 15 is 0 Å². The molecule has 21 heavy (non-hydrogen) atoms. The molecular weight excluding hydrogens is 304 g/mol. The second-order valence-electron chi connectivity index (χ2n) is 4.39. The van der Waals surface area contributed by atoms with Crippen LogP contribution in [0.3, 0.4) is 0 Å². The average Bonchev–Trinajstić information content (AvgIpc) is 2.53. The fourth-order valence-corrected chi connectivity index (χ4v) is 2.87. The topological polar surface area (TPSA) is 35.0 Å². The maximum absolute atomic E-state index is 5.83. The van der Waals surface area contributed by atoms with Gasteiger partial charge in [0.2, 0.25) is 0 Å². The predicted octanol–water partition coefficient (Wildman–Crippen LogP) is 4.45. The highest BCUT2D eigenvalue weighted by Crippen LogP contribution is 2.24. The maximum atomic E-state index is 5.83. The minimum Gasteiger partial charge on any atom is -0.493 e. The third-order valence-electron chi connectivity index (χ3n) is 2.94. The zero-order valence-electron chi connectivity index (χ0n) is 11.2. The molecule has 0 amide bonds. The smallest absolute Gasteiger partial charge is 0.127 e. The Morgan fingerprint density at radius 1 is 1.05 bits per heavy atom. The summed E-state index contributed by atoms with van der Waals surface area (Å²) in [4.78, 5) is 0. The first-order valence-electron chi connectivity index (χ1n) is 6.54. The molecule has 0 spiro atoms. The molecule has 0 bridgehead atoms. The summed E-state index contributed by atoms with van der Waals surface area (Å²) in [5.41, 5.74) is 0. The Morgan fingerprint density at radius 2 is 1.86 bits per heavy atom. The van der Waals surface area contributed by atoms with Crippen LogP contribution in [0.5, 0.6) is 5.75 Å². The van der Waals surface area contributed by atoms with Crippen LogP contribution >= 0.6 is 23.4 Å². The van der Waals surface area contributed by atoms with Crippen molar-refractivity contribution in [3.63, 3.8) is 0 Å². The molecule has 3 nitrogen and oxygen atoms in total. The number of ether oxygens (including phenoxy) is 1. The zero-order chi connectivity index (χ0) is 14.5. The van der Waals surface area contributed by atoms with Crippen molar-refractivity contribution in [1.82, 2.24) is 10.2 Å². The second kappa shape index (κ2) is 6.78. The number of aromatic nitrogens is 2. The first kappa shape index (κ1) is 14.2. The quantitative estimate of drug-likeness (QED) is 0.514. The first-order chi connectivity index (χ1) is 10.3. The van der Waals surface area contributed by atoms with Crippen molar-refractivity contribution in [3.8, 4) is 5.75 Å². The Morgan fingerprint density at radius 3 is 2.71 bits per heavy atom. The summed E-state index contributed by atoms with van der Waals surface area (Å²) in [5.74, 6) is 1.63. The fraction of sp³-hybridized carbons (Fsp3) is 0.125. The van der Waals surface area contributed by atoms with Crippen LogP contribution in [-0.4, -0.2) is 22.6 Å². The maximum Gasteiger partial charge on any atom is 0.127 e. The lowest BCUT2D eigenvalue weighted by Crippen LogP contribution is -2.00. The SMILES string of the molecule is Clc1ccc(OCCSc2nncc3ccccc23)cc1. The minimum absolute atomic E-state index is 0.608. The highest BCUT2D eigenvalue weighted by molar-refractivity contribution is 7.99. The normalized spacial score (nSPS) is 10.7. The Bertz CT molecular complexity index is 728. The number of fused-ring (bicyclic) bond motifs is 1. The number of rotatable bonds is 5. The van der Waals surface area contributed by atoms with Gasteiger partial charge in [-0.2, -0.15) is 5.10 Å². The van der Waals surface area contributed by atoms with Crippen molar-refractivity contribution in [2.45, 2.75) is 5.03 Å². The van der Waals surface area contributed by atoms with E-state index in [1.807, 2.05) is 42.5 Å². The molecular formula is C16H13ClN2OS. The van der Waals surface area contributed by atoms with E-state index in [1.54, 1.807) is 18.0 Å². The molecule has 5 heteroatoms. The molecule has 0 saturated heterocycles. The van der Waals surface area contributed by atoms with Gasteiger partial charge < -0.3 is 4.74 Å². The number of hydrogen-bond acceptors (Lipinski definition) is 4. The molecule has 1 aromatic heterocycles. The van der Waals surface area contributed by atoms with Crippen molar-refractivity contribution in [3.05, 3.63) is 59.8 Å². The van der Waals surface area contributed by atoms with Crippen LogP contribution < -0.4 is 4.74 Å². The average molecular weight is 317 g/mol. The molecule has 106 valence electrons. The summed E-state index contributed by atoms with van der Waals surface area (Å²) < 4.78 is 5.67. The van der Waals surface area contributed by atoms with E-state index in [1.165, 1.54) is 0 Å². The molecule has 0 aliphatic carbocycles. The van der Waals surface area contributed by atoms with Crippen LogP contribution in [0.1, 0.15) is 0 Å². The summed E-state index contributed by atoms with van der Waals surface area (Å²) in [6.45, 7) is 0.608. The standard InChI is InChI=1S/C16H13ClN2OS/c17-13-5-7-14(8-6-13)20-9-10-21-16-15-4-2-1-3-12(15)11-18-19-16/h1-8,11H,9-10H2. The molecule has 0 saturated carbocycles. The first-order valence-corrected chi connectivity index (χ1v) is 7.91. The number of hydrogen-bond donors (Lipinski definition) is 0. The van der Waals surface area contributed by atoms with Gasteiger partial charge in [0.25, 0.3) is 0 Å². The number of halogens is 1. The molecule has 0 aliphatic rings. The van der Waals surface area contributed by atoms with Crippen molar-refractivity contribution >= 4 is 34.1 Å². The van der Waals surface area contributed by atoms with E-state index in [-0.39, 0.29) is 0 Å². The van der Waals surface area contributed by atoms with Crippen LogP contribution in [0.4, 0.5) is 0 Å². The molecule has 3 aromatic rings. The lowest BCUT2D eigenvalue weighted by Gasteiger charge is -2.06. The summed E-state index contributed by atoms with van der Waals surface area (Å²) in [6, 6.07) is 15.5. The van der Waals surface area contributed by atoms with E-state index in [0.29, 0.717) is 11.6 Å². The highest BCUT2D eigenvalue weighted by atomic mass is 35.5. The van der Waals surface area contributed by atoms with Crippen LogP contribution in [0.25, 0.3) is 10.8 Å². The van der Waals surface area contributed by atoms with Gasteiger partial charge >= 0.3 is 0 Å². The third-order valence-corrected chi connectivity index (χ3v) is 4.14. The largest absolute Gasteiger partial charge is 0.493 e. The van der Waals surface area contributed by atoms with Crippen LogP contribution in [0, 0.1) is 0 Å². The molecule has 0 N–H and O–H groups in total. The van der Waals surface area contributed by atoms with E-state index in [0.717, 1.165) is 27.3 Å². The molecule has 1 heterocycles. The van der Waals surface area contributed by atoms with Gasteiger partial charge in [0.05, 0.1) is 12.8 Å². The summed E-state index contributed by atoms with van der Waals surface area (Å²) in [5, 5.41) is 12.1. The van der Waals surface area contributed by atoms with E-state index in [9.17, 15) is 0 Å². The lowest BCUT2D eigenvalue weighted by atomic mass is 10.2. The van der Waals surface area contributed by atoms with Crippen molar-refractivity contribution in [1.29, 1.82) is 0 Å². The van der Waals surface area contributed by atoms with Gasteiger partial charge in [-0.3, -0.25) is 0 Å². The van der Waals surface area contributed by atoms with Gasteiger partial charge in [0.1, 0.15) is 10.8 Å². The number of nitrogens with zero attached hydrogens (tertiary/aromatic N) is 2. The number of thioether (sulfide) groups is 1. The molecule has 0 radical (unpaired) electrons. The highest BCUT2D eigenvalue weighted by Gasteiger charge is 2.03. The molecule has 0 fully saturated rings. The van der Waals surface area contributed by atoms with Gasteiger partial charge in [-0.15, -0.1) is 16.9 Å². The molecule has 0 unspecified atom stereocenters. The van der Waals surface area contributed by atoms with Gasteiger partial charge in [-0.1, -0.05) is 35.9 Å². The zero-order valence-corrected chi connectivity index (χ0v) is 12.8. The molecule has 0 atom stereocenters. The van der Waals surface area contributed by atoms with Crippen LogP contribution in [0.2, 0.25) is 5.02 Å². The van der Waals surface area contributed by atoms with E-state index in [2.05, 4.69) is 16.3 Å². The summed E-state index contributed by atoms with van der Waals surface area (Å²) in [6.07, 6.45) is 1.78. The summed E-state index contributed by atoms with van der Waals surface area (Å²) >= 11 is 7.48. The molecule has 0 aliphatic heterocycles. The Kier molecular flexibility index (Phi) is 4.58. The van der Waals surface area contributed by atoms with Gasteiger partial charge in [0.15, 0.2) is 0 Å². The van der Waals surface area contributed by atoms with Crippen molar-refractivity contribution < 1.29 is 4.74 Å². The second-order valence-corrected chi connectivity index (χ2v) is 5.91.